The van der Waals surface area contributed by atoms with Gasteiger partial charge in [-0.3, -0.25) is 4.90 Å². The number of piperazine rings is 1. The Morgan fingerprint density at radius 1 is 0.882 bits per heavy atom. The first kappa shape index (κ1) is 24.9. The van der Waals surface area contributed by atoms with Crippen LogP contribution in [0.1, 0.15) is 68.7 Å². The third kappa shape index (κ3) is 5.87. The molecule has 3 aromatic rings. The molecule has 184 valence electrons. The van der Waals surface area contributed by atoms with E-state index in [9.17, 15) is 0 Å². The minimum absolute atomic E-state index is 0.301. The number of pyridine rings is 1. The molecule has 1 saturated heterocycles. The van der Waals surface area contributed by atoms with Gasteiger partial charge >= 0.3 is 0 Å². The van der Waals surface area contributed by atoms with E-state index in [0.29, 0.717) is 5.54 Å². The number of aromatic nitrogens is 3. The van der Waals surface area contributed by atoms with Crippen LogP contribution in [-0.2, 0) is 19.4 Å². The van der Waals surface area contributed by atoms with E-state index in [1.165, 1.54) is 62.3 Å². The Balaban J connectivity index is 1.28. The number of hydrogen-bond donors (Lipinski definition) is 0. The van der Waals surface area contributed by atoms with Gasteiger partial charge in [-0.1, -0.05) is 31.2 Å². The van der Waals surface area contributed by atoms with Crippen LogP contribution >= 0.6 is 0 Å². The quantitative estimate of drug-likeness (QED) is 0.421. The van der Waals surface area contributed by atoms with E-state index in [0.717, 1.165) is 42.1 Å². The maximum atomic E-state index is 4.88. The molecule has 0 unspecified atom stereocenters. The number of imidazole rings is 1. The Bertz CT molecular complexity index is 1080. The summed E-state index contributed by atoms with van der Waals surface area (Å²) in [7, 11) is 0. The van der Waals surface area contributed by atoms with Crippen LogP contribution in [0.15, 0.2) is 30.3 Å². The second-order valence-electron chi connectivity index (χ2n) is 11.0. The Hall–Kier alpha value is -2.24. The minimum atomic E-state index is 0.301. The van der Waals surface area contributed by atoms with E-state index in [1.54, 1.807) is 0 Å². The molecule has 0 spiro atoms. The molecule has 1 aliphatic heterocycles. The van der Waals surface area contributed by atoms with Gasteiger partial charge in [0.05, 0.1) is 6.54 Å². The van der Waals surface area contributed by atoms with Crippen molar-refractivity contribution in [2.24, 2.45) is 0 Å². The lowest BCUT2D eigenvalue weighted by Crippen LogP contribution is -2.53. The first-order chi connectivity index (χ1) is 16.2. The zero-order chi connectivity index (χ0) is 24.3. The van der Waals surface area contributed by atoms with Gasteiger partial charge in [0.2, 0.25) is 0 Å². The number of fused-ring (bicyclic) bond motifs is 1. The number of rotatable bonds is 8. The van der Waals surface area contributed by atoms with Crippen molar-refractivity contribution in [3.63, 3.8) is 0 Å². The van der Waals surface area contributed by atoms with Crippen LogP contribution in [0.5, 0.6) is 0 Å². The molecule has 5 heteroatoms. The fourth-order valence-corrected chi connectivity index (χ4v) is 5.19. The van der Waals surface area contributed by atoms with Gasteiger partial charge in [0, 0.05) is 43.8 Å². The number of aryl methyl sites for hydroxylation is 4. The minimum Gasteiger partial charge on any atom is -0.308 e. The summed E-state index contributed by atoms with van der Waals surface area (Å²) in [5.41, 5.74) is 7.38. The molecule has 1 fully saturated rings. The lowest BCUT2D eigenvalue weighted by atomic mass is 10.0. The summed E-state index contributed by atoms with van der Waals surface area (Å²) in [6.07, 6.45) is 4.62. The number of nitrogens with zero attached hydrogens (tertiary/aromatic N) is 5. The highest BCUT2D eigenvalue weighted by Gasteiger charge is 2.25. The maximum absolute atomic E-state index is 4.88. The van der Waals surface area contributed by atoms with Crippen molar-refractivity contribution < 1.29 is 0 Å². The Morgan fingerprint density at radius 2 is 1.56 bits per heavy atom. The highest BCUT2D eigenvalue weighted by molar-refractivity contribution is 5.76. The molecule has 5 nitrogen and oxygen atoms in total. The number of benzene rings is 1. The Labute approximate surface area is 206 Å². The normalized spacial score (nSPS) is 15.9. The van der Waals surface area contributed by atoms with Gasteiger partial charge in [0.15, 0.2) is 5.65 Å². The van der Waals surface area contributed by atoms with Gasteiger partial charge in [-0.05, 0) is 83.2 Å². The molecule has 0 N–H and O–H groups in total. The Morgan fingerprint density at radius 3 is 2.21 bits per heavy atom. The van der Waals surface area contributed by atoms with E-state index in [1.807, 2.05) is 0 Å². The van der Waals surface area contributed by atoms with Crippen molar-refractivity contribution in [2.45, 2.75) is 79.3 Å². The second kappa shape index (κ2) is 10.6. The molecular weight excluding hydrogens is 418 g/mol. The summed E-state index contributed by atoms with van der Waals surface area (Å²) in [5, 5.41) is 0. The fourth-order valence-electron chi connectivity index (χ4n) is 5.19. The third-order valence-corrected chi connectivity index (χ3v) is 7.29. The standard InChI is InChI=1S/C29H43N5/c1-7-26-31-27-22(2)20-23(3)30-28(27)34(26)21-25-13-11-24(12-14-25)10-8-9-15-32-16-18-33(19-17-32)29(4,5)6/h11-14,20H,7-10,15-19,21H2,1-6H3. The van der Waals surface area contributed by atoms with Crippen LogP contribution in [0.3, 0.4) is 0 Å². The SMILES string of the molecule is CCc1nc2c(C)cc(C)nc2n1Cc1ccc(CCCCN2CCN(C(C)(C)C)CC2)cc1. The first-order valence-electron chi connectivity index (χ1n) is 13.1. The summed E-state index contributed by atoms with van der Waals surface area (Å²) in [6, 6.07) is 11.3. The van der Waals surface area contributed by atoms with Crippen molar-refractivity contribution in [3.05, 3.63) is 58.5 Å². The van der Waals surface area contributed by atoms with Gasteiger partial charge in [0.1, 0.15) is 11.3 Å². The molecule has 4 rings (SSSR count). The lowest BCUT2D eigenvalue weighted by molar-refractivity contribution is 0.0617. The predicted molar refractivity (Wildman–Crippen MR) is 143 cm³/mol. The number of hydrogen-bond acceptors (Lipinski definition) is 4. The van der Waals surface area contributed by atoms with Crippen molar-refractivity contribution in [1.29, 1.82) is 0 Å². The smallest absolute Gasteiger partial charge is 0.160 e. The lowest BCUT2D eigenvalue weighted by Gasteiger charge is -2.42. The fraction of sp³-hybridized carbons (Fsp3) is 0.586. The van der Waals surface area contributed by atoms with Gasteiger partial charge in [-0.25, -0.2) is 9.97 Å². The monoisotopic (exact) mass is 461 g/mol. The van der Waals surface area contributed by atoms with E-state index in [-0.39, 0.29) is 0 Å². The molecule has 0 aliphatic carbocycles. The second-order valence-corrected chi connectivity index (χ2v) is 11.0. The van der Waals surface area contributed by atoms with E-state index >= 15 is 0 Å². The van der Waals surface area contributed by atoms with Crippen LogP contribution in [0.2, 0.25) is 0 Å². The van der Waals surface area contributed by atoms with Crippen LogP contribution < -0.4 is 0 Å². The van der Waals surface area contributed by atoms with Crippen molar-refractivity contribution in [1.82, 2.24) is 24.3 Å². The van der Waals surface area contributed by atoms with Crippen LogP contribution in [0.25, 0.3) is 11.2 Å². The topological polar surface area (TPSA) is 37.2 Å². The summed E-state index contributed by atoms with van der Waals surface area (Å²) in [5.74, 6) is 1.11. The molecule has 2 aromatic heterocycles. The summed E-state index contributed by atoms with van der Waals surface area (Å²) < 4.78 is 2.30. The molecule has 0 atom stereocenters. The Kier molecular flexibility index (Phi) is 7.73. The van der Waals surface area contributed by atoms with Crippen LogP contribution in [-0.4, -0.2) is 62.6 Å². The molecule has 34 heavy (non-hydrogen) atoms. The highest BCUT2D eigenvalue weighted by atomic mass is 15.3. The molecule has 1 aromatic carbocycles. The van der Waals surface area contributed by atoms with Gasteiger partial charge in [0.25, 0.3) is 0 Å². The molecule has 1 aliphatic rings. The van der Waals surface area contributed by atoms with Crippen LogP contribution in [0, 0.1) is 13.8 Å². The molecule has 0 amide bonds. The van der Waals surface area contributed by atoms with Crippen molar-refractivity contribution >= 4 is 11.2 Å². The van der Waals surface area contributed by atoms with Crippen LogP contribution in [0.4, 0.5) is 0 Å². The van der Waals surface area contributed by atoms with Crippen molar-refractivity contribution in [3.8, 4) is 0 Å². The van der Waals surface area contributed by atoms with E-state index < -0.39 is 0 Å². The molecule has 0 saturated carbocycles. The highest BCUT2D eigenvalue weighted by Crippen LogP contribution is 2.21. The molecule has 0 radical (unpaired) electrons. The van der Waals surface area contributed by atoms with Gasteiger partial charge < -0.3 is 9.47 Å². The largest absolute Gasteiger partial charge is 0.308 e. The van der Waals surface area contributed by atoms with E-state index in [2.05, 4.69) is 86.2 Å². The first-order valence-corrected chi connectivity index (χ1v) is 13.1. The molecule has 0 bridgehead atoms. The predicted octanol–water partition coefficient (Wildman–Crippen LogP) is 5.40. The zero-order valence-electron chi connectivity index (χ0n) is 22.2. The number of unbranched alkanes of at least 4 members (excludes halogenated alkanes) is 1. The average Bonchev–Trinajstić information content (AvgIpc) is 3.15. The van der Waals surface area contributed by atoms with Gasteiger partial charge in [-0.15, -0.1) is 0 Å². The average molecular weight is 462 g/mol. The van der Waals surface area contributed by atoms with Gasteiger partial charge in [-0.2, -0.15) is 0 Å². The maximum Gasteiger partial charge on any atom is 0.160 e. The molecule has 3 heterocycles. The molecular formula is C29H43N5. The summed E-state index contributed by atoms with van der Waals surface area (Å²) >= 11 is 0. The van der Waals surface area contributed by atoms with Crippen molar-refractivity contribution in [2.75, 3.05) is 32.7 Å². The third-order valence-electron chi connectivity index (χ3n) is 7.29. The van der Waals surface area contributed by atoms with E-state index in [4.69, 9.17) is 9.97 Å². The zero-order valence-corrected chi connectivity index (χ0v) is 22.2. The summed E-state index contributed by atoms with van der Waals surface area (Å²) in [4.78, 5) is 15.0. The summed E-state index contributed by atoms with van der Waals surface area (Å²) in [6.45, 7) is 20.2.